The predicted molar refractivity (Wildman–Crippen MR) is 97.1 cm³/mol. The van der Waals surface area contributed by atoms with Crippen LogP contribution in [0.4, 0.5) is 5.69 Å². The van der Waals surface area contributed by atoms with E-state index in [-0.39, 0.29) is 11.3 Å². The second-order valence-corrected chi connectivity index (χ2v) is 7.22. The van der Waals surface area contributed by atoms with Crippen LogP contribution in [0, 0.1) is 0 Å². The number of rotatable bonds is 4. The molecule has 5 heteroatoms. The molecule has 3 aromatic rings. The smallest absolute Gasteiger partial charge is 0.235 e. The van der Waals surface area contributed by atoms with E-state index in [0.717, 1.165) is 42.6 Å². The van der Waals surface area contributed by atoms with Gasteiger partial charge in [-0.3, -0.25) is 9.89 Å². The largest absolute Gasteiger partial charge is 0.325 e. The Morgan fingerprint density at radius 3 is 2.75 bits per heavy atom. The van der Waals surface area contributed by atoms with Crippen molar-refractivity contribution in [1.82, 2.24) is 10.2 Å². The van der Waals surface area contributed by atoms with Crippen molar-refractivity contribution in [1.29, 1.82) is 0 Å². The van der Waals surface area contributed by atoms with Crippen molar-refractivity contribution in [2.24, 2.45) is 0 Å². The van der Waals surface area contributed by atoms with Gasteiger partial charge in [0.25, 0.3) is 0 Å². The van der Waals surface area contributed by atoms with Gasteiger partial charge in [-0.05, 0) is 42.5 Å². The summed E-state index contributed by atoms with van der Waals surface area (Å²) < 4.78 is 0. The van der Waals surface area contributed by atoms with Gasteiger partial charge in [0, 0.05) is 22.3 Å². The minimum absolute atomic E-state index is 0.115. The van der Waals surface area contributed by atoms with Crippen molar-refractivity contribution >= 4 is 22.9 Å². The minimum Gasteiger partial charge on any atom is -0.325 e. The maximum atomic E-state index is 13.1. The van der Waals surface area contributed by atoms with Crippen LogP contribution in [0.5, 0.6) is 0 Å². The molecule has 1 fully saturated rings. The topological polar surface area (TPSA) is 57.8 Å². The monoisotopic (exact) mass is 337 g/mol. The third kappa shape index (κ3) is 2.65. The number of aromatic amines is 1. The summed E-state index contributed by atoms with van der Waals surface area (Å²) in [5.74, 6) is 0.115. The van der Waals surface area contributed by atoms with E-state index in [2.05, 4.69) is 27.0 Å². The van der Waals surface area contributed by atoms with Crippen LogP contribution in [0.15, 0.2) is 54.0 Å². The first-order valence-corrected chi connectivity index (χ1v) is 9.11. The molecule has 0 atom stereocenters. The lowest BCUT2D eigenvalue weighted by Crippen LogP contribution is -2.37. The Morgan fingerprint density at radius 1 is 1.17 bits per heavy atom. The van der Waals surface area contributed by atoms with E-state index in [1.165, 1.54) is 4.88 Å². The number of aromatic nitrogens is 2. The highest BCUT2D eigenvalue weighted by molar-refractivity contribution is 7.10. The Kier molecular flexibility index (Phi) is 3.94. The highest BCUT2D eigenvalue weighted by atomic mass is 32.1. The molecule has 2 N–H and O–H groups in total. The van der Waals surface area contributed by atoms with Gasteiger partial charge < -0.3 is 5.32 Å². The maximum Gasteiger partial charge on any atom is 0.235 e. The summed E-state index contributed by atoms with van der Waals surface area (Å²) in [7, 11) is 0. The van der Waals surface area contributed by atoms with Gasteiger partial charge in [-0.2, -0.15) is 5.10 Å². The SMILES string of the molecule is O=C(Nc1cccc(-c2ccn[nH]2)c1)C1(c2cccs2)CCCC1. The number of anilines is 1. The summed E-state index contributed by atoms with van der Waals surface area (Å²) in [5, 5.41) is 12.1. The van der Waals surface area contributed by atoms with Crippen molar-refractivity contribution in [2.75, 3.05) is 5.32 Å². The lowest BCUT2D eigenvalue weighted by molar-refractivity contribution is -0.121. The molecule has 1 aromatic carbocycles. The minimum atomic E-state index is -0.363. The fourth-order valence-electron chi connectivity index (χ4n) is 3.55. The summed E-state index contributed by atoms with van der Waals surface area (Å²) in [6.45, 7) is 0. The predicted octanol–water partition coefficient (Wildman–Crippen LogP) is 4.59. The molecule has 4 nitrogen and oxygen atoms in total. The molecule has 1 amide bonds. The third-order valence-corrected chi connectivity index (χ3v) is 5.89. The maximum absolute atomic E-state index is 13.1. The number of thiophene rings is 1. The molecule has 4 rings (SSSR count). The number of hydrogen-bond acceptors (Lipinski definition) is 3. The Balaban J connectivity index is 1.61. The van der Waals surface area contributed by atoms with Crippen LogP contribution in [-0.4, -0.2) is 16.1 Å². The molecular weight excluding hydrogens is 318 g/mol. The number of hydrogen-bond donors (Lipinski definition) is 2. The molecule has 0 aliphatic heterocycles. The molecular formula is C19H19N3OS. The van der Waals surface area contributed by atoms with E-state index in [1.807, 2.05) is 36.4 Å². The first-order chi connectivity index (χ1) is 11.8. The summed E-state index contributed by atoms with van der Waals surface area (Å²) in [6, 6.07) is 13.9. The first kappa shape index (κ1) is 15.1. The van der Waals surface area contributed by atoms with Crippen molar-refractivity contribution in [3.63, 3.8) is 0 Å². The van der Waals surface area contributed by atoms with E-state index in [0.29, 0.717) is 0 Å². The normalized spacial score (nSPS) is 16.2. The average Bonchev–Trinajstić information content (AvgIpc) is 3.36. The molecule has 24 heavy (non-hydrogen) atoms. The highest BCUT2D eigenvalue weighted by Crippen LogP contribution is 2.44. The summed E-state index contributed by atoms with van der Waals surface area (Å²) in [4.78, 5) is 14.3. The van der Waals surface area contributed by atoms with Crippen molar-refractivity contribution in [2.45, 2.75) is 31.1 Å². The van der Waals surface area contributed by atoms with Gasteiger partial charge in [-0.1, -0.05) is 31.0 Å². The number of nitrogens with zero attached hydrogens (tertiary/aromatic N) is 1. The molecule has 0 unspecified atom stereocenters. The summed E-state index contributed by atoms with van der Waals surface area (Å²) in [5.41, 5.74) is 2.43. The lowest BCUT2D eigenvalue weighted by Gasteiger charge is -2.26. The fourth-order valence-corrected chi connectivity index (χ4v) is 4.53. The van der Waals surface area contributed by atoms with Crippen LogP contribution in [0.1, 0.15) is 30.6 Å². The fraction of sp³-hybridized carbons (Fsp3) is 0.263. The molecule has 2 heterocycles. The van der Waals surface area contributed by atoms with Gasteiger partial charge >= 0.3 is 0 Å². The molecule has 1 aliphatic carbocycles. The zero-order chi connectivity index (χ0) is 16.4. The van der Waals surface area contributed by atoms with E-state index < -0.39 is 0 Å². The Bertz CT molecular complexity index is 818. The van der Waals surface area contributed by atoms with Crippen LogP contribution < -0.4 is 5.32 Å². The van der Waals surface area contributed by atoms with Crippen LogP contribution in [0.3, 0.4) is 0 Å². The second-order valence-electron chi connectivity index (χ2n) is 6.27. The Labute approximate surface area is 144 Å². The van der Waals surface area contributed by atoms with Crippen molar-refractivity contribution < 1.29 is 4.79 Å². The molecule has 0 saturated heterocycles. The average molecular weight is 337 g/mol. The van der Waals surface area contributed by atoms with Gasteiger partial charge in [-0.25, -0.2) is 0 Å². The quantitative estimate of drug-likeness (QED) is 0.731. The van der Waals surface area contributed by atoms with Crippen molar-refractivity contribution in [3.8, 4) is 11.3 Å². The molecule has 0 radical (unpaired) electrons. The molecule has 0 spiro atoms. The molecule has 0 bridgehead atoms. The third-order valence-electron chi connectivity index (χ3n) is 4.82. The lowest BCUT2D eigenvalue weighted by atomic mass is 9.83. The van der Waals surface area contributed by atoms with E-state index >= 15 is 0 Å². The van der Waals surface area contributed by atoms with E-state index in [4.69, 9.17) is 0 Å². The number of amides is 1. The number of carbonyl (C=O) groups is 1. The number of benzene rings is 1. The first-order valence-electron chi connectivity index (χ1n) is 8.23. The zero-order valence-electron chi connectivity index (χ0n) is 13.3. The number of nitrogens with one attached hydrogen (secondary N) is 2. The zero-order valence-corrected chi connectivity index (χ0v) is 14.1. The molecule has 1 saturated carbocycles. The van der Waals surface area contributed by atoms with Crippen LogP contribution in [-0.2, 0) is 10.2 Å². The van der Waals surface area contributed by atoms with Crippen LogP contribution in [0.25, 0.3) is 11.3 Å². The Morgan fingerprint density at radius 2 is 2.04 bits per heavy atom. The van der Waals surface area contributed by atoms with Gasteiger partial charge in [-0.15, -0.1) is 11.3 Å². The van der Waals surface area contributed by atoms with Gasteiger partial charge in [0.15, 0.2) is 0 Å². The Hall–Kier alpha value is -2.40. The number of carbonyl (C=O) groups excluding carboxylic acids is 1. The summed E-state index contributed by atoms with van der Waals surface area (Å²) in [6.07, 6.45) is 5.81. The van der Waals surface area contributed by atoms with Gasteiger partial charge in [0.05, 0.1) is 11.1 Å². The molecule has 122 valence electrons. The highest BCUT2D eigenvalue weighted by Gasteiger charge is 2.43. The van der Waals surface area contributed by atoms with Crippen LogP contribution in [0.2, 0.25) is 0 Å². The summed E-state index contributed by atoms with van der Waals surface area (Å²) >= 11 is 1.69. The number of H-pyrrole nitrogens is 1. The second kappa shape index (κ2) is 6.24. The van der Waals surface area contributed by atoms with Gasteiger partial charge in [0.2, 0.25) is 5.91 Å². The van der Waals surface area contributed by atoms with E-state index in [9.17, 15) is 4.79 Å². The van der Waals surface area contributed by atoms with Gasteiger partial charge in [0.1, 0.15) is 0 Å². The van der Waals surface area contributed by atoms with E-state index in [1.54, 1.807) is 17.5 Å². The molecule has 1 aliphatic rings. The standard InChI is InChI=1S/C19H19N3OS/c23-18(19(9-1-2-10-19)17-7-4-12-24-17)21-15-6-3-5-14(13-15)16-8-11-20-22-16/h3-8,11-13H,1-2,9-10H2,(H,20,22)(H,21,23). The molecule has 2 aromatic heterocycles. The van der Waals surface area contributed by atoms with Crippen LogP contribution >= 0.6 is 11.3 Å². The van der Waals surface area contributed by atoms with Crippen molar-refractivity contribution in [3.05, 3.63) is 58.9 Å².